The number of benzene rings is 1. The molecule has 1 aromatic rings. The third kappa shape index (κ3) is 3.46. The lowest BCUT2D eigenvalue weighted by atomic mass is 9.78. The summed E-state index contributed by atoms with van der Waals surface area (Å²) in [7, 11) is 0. The van der Waals surface area contributed by atoms with Crippen molar-refractivity contribution in [1.29, 1.82) is 0 Å². The number of nitrogens with one attached hydrogen (secondary N) is 1. The molecule has 3 nitrogen and oxygen atoms in total. The number of amides is 1. The van der Waals surface area contributed by atoms with E-state index in [0.717, 1.165) is 31.5 Å². The average molecular weight is 308 g/mol. The molecule has 2 atom stereocenters. The highest BCUT2D eigenvalue weighted by Gasteiger charge is 2.33. The number of carbonyl (C=O) groups excluding carboxylic acids is 1. The van der Waals surface area contributed by atoms with Crippen LogP contribution in [0.3, 0.4) is 0 Å². The van der Waals surface area contributed by atoms with Gasteiger partial charge in [-0.1, -0.05) is 12.8 Å². The topological polar surface area (TPSA) is 32.3 Å². The molecular weight excluding hydrogens is 286 g/mol. The van der Waals surface area contributed by atoms with Crippen molar-refractivity contribution in [2.75, 3.05) is 18.4 Å². The monoisotopic (exact) mass is 308 g/mol. The number of likely N-dealkylation sites (tertiary alicyclic amines) is 1. The van der Waals surface area contributed by atoms with Gasteiger partial charge >= 0.3 is 0 Å². The molecule has 0 radical (unpaired) electrons. The maximum Gasteiger partial charge on any atom is 0.238 e. The van der Waals surface area contributed by atoms with Crippen molar-refractivity contribution < 1.29 is 13.6 Å². The Hall–Kier alpha value is -1.49. The molecule has 0 aromatic heterocycles. The molecule has 1 aliphatic heterocycles. The molecule has 120 valence electrons. The molecule has 1 aliphatic carbocycles. The van der Waals surface area contributed by atoms with Gasteiger partial charge in [0, 0.05) is 12.1 Å². The highest BCUT2D eigenvalue weighted by molar-refractivity contribution is 5.92. The van der Waals surface area contributed by atoms with Crippen molar-refractivity contribution in [2.45, 2.75) is 44.6 Å². The molecular formula is C17H22F2N2O. The minimum absolute atomic E-state index is 0.0450. The van der Waals surface area contributed by atoms with Crippen LogP contribution in [0, 0.1) is 17.6 Å². The number of piperidine rings is 1. The first kappa shape index (κ1) is 15.4. The van der Waals surface area contributed by atoms with Crippen LogP contribution in [0.15, 0.2) is 18.2 Å². The molecule has 3 rings (SSSR count). The first-order valence-corrected chi connectivity index (χ1v) is 8.12. The zero-order valence-electron chi connectivity index (χ0n) is 12.7. The Morgan fingerprint density at radius 2 is 1.95 bits per heavy atom. The van der Waals surface area contributed by atoms with E-state index in [1.165, 1.54) is 31.7 Å². The second kappa shape index (κ2) is 6.73. The summed E-state index contributed by atoms with van der Waals surface area (Å²) in [6.07, 6.45) is 7.32. The van der Waals surface area contributed by atoms with Crippen molar-refractivity contribution in [1.82, 2.24) is 4.90 Å². The van der Waals surface area contributed by atoms with Gasteiger partial charge in [0.05, 0.1) is 12.2 Å². The predicted octanol–water partition coefficient (Wildman–Crippen LogP) is 3.56. The van der Waals surface area contributed by atoms with Crippen molar-refractivity contribution in [3.63, 3.8) is 0 Å². The number of hydrogen-bond acceptors (Lipinski definition) is 2. The molecule has 1 N–H and O–H groups in total. The van der Waals surface area contributed by atoms with Crippen molar-refractivity contribution in [3.05, 3.63) is 29.8 Å². The van der Waals surface area contributed by atoms with Crippen molar-refractivity contribution in [3.8, 4) is 0 Å². The second-order valence-electron chi connectivity index (χ2n) is 6.40. The lowest BCUT2D eigenvalue weighted by Gasteiger charge is -2.43. The van der Waals surface area contributed by atoms with Crippen LogP contribution < -0.4 is 5.32 Å². The Morgan fingerprint density at radius 3 is 2.77 bits per heavy atom. The molecule has 1 amide bonds. The van der Waals surface area contributed by atoms with E-state index in [0.29, 0.717) is 12.0 Å². The van der Waals surface area contributed by atoms with Crippen LogP contribution in [-0.4, -0.2) is 29.9 Å². The highest BCUT2D eigenvalue weighted by atomic mass is 19.1. The SMILES string of the molecule is O=C(CN1CCC[C@@H]2CCCC[C@@H]21)Nc1ccc(F)cc1F. The summed E-state index contributed by atoms with van der Waals surface area (Å²) < 4.78 is 26.5. The van der Waals surface area contributed by atoms with Crippen LogP contribution in [0.4, 0.5) is 14.5 Å². The fraction of sp³-hybridized carbons (Fsp3) is 0.588. The van der Waals surface area contributed by atoms with Crippen LogP contribution >= 0.6 is 0 Å². The average Bonchev–Trinajstić information content (AvgIpc) is 2.50. The maximum atomic E-state index is 13.6. The molecule has 22 heavy (non-hydrogen) atoms. The largest absolute Gasteiger partial charge is 0.322 e. The molecule has 0 spiro atoms. The van der Waals surface area contributed by atoms with E-state index in [1.54, 1.807) is 0 Å². The number of rotatable bonds is 3. The standard InChI is InChI=1S/C17H22F2N2O/c18-13-7-8-15(14(19)10-13)20-17(22)11-21-9-3-5-12-4-1-2-6-16(12)21/h7-8,10,12,16H,1-6,9,11H2,(H,20,22)/t12-,16-/m0/s1. The first-order valence-electron chi connectivity index (χ1n) is 8.12. The third-order valence-corrected chi connectivity index (χ3v) is 4.91. The van der Waals surface area contributed by atoms with Gasteiger partial charge in [-0.15, -0.1) is 0 Å². The van der Waals surface area contributed by atoms with Crippen molar-refractivity contribution >= 4 is 11.6 Å². The van der Waals surface area contributed by atoms with E-state index in [2.05, 4.69) is 10.2 Å². The van der Waals surface area contributed by atoms with Gasteiger partial charge in [0.2, 0.25) is 5.91 Å². The number of hydrogen-bond donors (Lipinski definition) is 1. The maximum absolute atomic E-state index is 13.6. The summed E-state index contributed by atoms with van der Waals surface area (Å²) in [4.78, 5) is 14.4. The van der Waals surface area contributed by atoms with Crippen LogP contribution in [0.1, 0.15) is 38.5 Å². The van der Waals surface area contributed by atoms with Crippen LogP contribution in [0.25, 0.3) is 0 Å². The Balaban J connectivity index is 1.61. The van der Waals surface area contributed by atoms with E-state index in [4.69, 9.17) is 0 Å². The molecule has 1 saturated heterocycles. The van der Waals surface area contributed by atoms with Gasteiger partial charge in [0.1, 0.15) is 11.6 Å². The van der Waals surface area contributed by atoms with E-state index < -0.39 is 11.6 Å². The minimum atomic E-state index is -0.734. The smallest absolute Gasteiger partial charge is 0.238 e. The minimum Gasteiger partial charge on any atom is -0.322 e. The molecule has 0 unspecified atom stereocenters. The summed E-state index contributed by atoms with van der Waals surface area (Å²) in [6, 6.07) is 3.69. The van der Waals surface area contributed by atoms with E-state index >= 15 is 0 Å². The van der Waals surface area contributed by atoms with Gasteiger partial charge in [-0.05, 0) is 50.3 Å². The molecule has 1 saturated carbocycles. The number of anilines is 1. The first-order chi connectivity index (χ1) is 10.6. The van der Waals surface area contributed by atoms with Gasteiger partial charge in [0.25, 0.3) is 0 Å². The summed E-state index contributed by atoms with van der Waals surface area (Å²) in [6.45, 7) is 1.22. The number of carbonyl (C=O) groups is 1. The zero-order valence-corrected chi connectivity index (χ0v) is 12.7. The third-order valence-electron chi connectivity index (χ3n) is 4.91. The number of nitrogens with zero attached hydrogens (tertiary/aromatic N) is 1. The normalized spacial score (nSPS) is 25.5. The summed E-state index contributed by atoms with van der Waals surface area (Å²) in [5.41, 5.74) is 0.0450. The van der Waals surface area contributed by atoms with E-state index in [1.807, 2.05) is 0 Å². The van der Waals surface area contributed by atoms with Crippen LogP contribution in [0.2, 0.25) is 0 Å². The van der Waals surface area contributed by atoms with Gasteiger partial charge in [-0.2, -0.15) is 0 Å². The molecule has 5 heteroatoms. The molecule has 1 aromatic carbocycles. The van der Waals surface area contributed by atoms with Gasteiger partial charge in [0.15, 0.2) is 0 Å². The van der Waals surface area contributed by atoms with E-state index in [9.17, 15) is 13.6 Å². The van der Waals surface area contributed by atoms with Gasteiger partial charge < -0.3 is 5.32 Å². The fourth-order valence-corrected chi connectivity index (χ4v) is 3.89. The molecule has 1 heterocycles. The lowest BCUT2D eigenvalue weighted by Crippen LogP contribution is -2.49. The van der Waals surface area contributed by atoms with Gasteiger partial charge in [-0.3, -0.25) is 9.69 Å². The lowest BCUT2D eigenvalue weighted by molar-refractivity contribution is -0.119. The predicted molar refractivity (Wildman–Crippen MR) is 81.5 cm³/mol. The van der Waals surface area contributed by atoms with Crippen LogP contribution in [-0.2, 0) is 4.79 Å². The summed E-state index contributed by atoms with van der Waals surface area (Å²) in [5.74, 6) is -0.895. The highest BCUT2D eigenvalue weighted by Crippen LogP contribution is 2.35. The van der Waals surface area contributed by atoms with E-state index in [-0.39, 0.29) is 18.1 Å². The Morgan fingerprint density at radius 1 is 1.18 bits per heavy atom. The second-order valence-corrected chi connectivity index (χ2v) is 6.40. The Kier molecular flexibility index (Phi) is 4.71. The quantitative estimate of drug-likeness (QED) is 0.926. The number of halogens is 2. The van der Waals surface area contributed by atoms with Crippen molar-refractivity contribution in [2.24, 2.45) is 5.92 Å². The Bertz CT molecular complexity index is 547. The molecule has 2 fully saturated rings. The molecule has 2 aliphatic rings. The molecule has 0 bridgehead atoms. The zero-order chi connectivity index (χ0) is 15.5. The fourth-order valence-electron chi connectivity index (χ4n) is 3.89. The number of fused-ring (bicyclic) bond motifs is 1. The van der Waals surface area contributed by atoms with Crippen LogP contribution in [0.5, 0.6) is 0 Å². The Labute approximate surface area is 129 Å². The summed E-state index contributed by atoms with van der Waals surface area (Å²) >= 11 is 0. The summed E-state index contributed by atoms with van der Waals surface area (Å²) in [5, 5.41) is 2.56. The van der Waals surface area contributed by atoms with Gasteiger partial charge in [-0.25, -0.2) is 8.78 Å².